The average molecular weight is 502 g/mol. The van der Waals surface area contributed by atoms with Crippen molar-refractivity contribution in [2.24, 2.45) is 5.92 Å². The molecule has 0 spiro atoms. The van der Waals surface area contributed by atoms with Gasteiger partial charge in [0.05, 0.1) is 11.9 Å². The fraction of sp³-hybridized carbons (Fsp3) is 0.481. The van der Waals surface area contributed by atoms with Crippen LogP contribution in [0.25, 0.3) is 0 Å². The van der Waals surface area contributed by atoms with Crippen molar-refractivity contribution in [1.82, 2.24) is 10.2 Å². The normalized spacial score (nSPS) is 12.3. The van der Waals surface area contributed by atoms with Crippen molar-refractivity contribution in [3.8, 4) is 0 Å². The topological polar surface area (TPSA) is 86.8 Å². The Labute approximate surface area is 210 Å². The first-order chi connectivity index (χ1) is 16.5. The van der Waals surface area contributed by atoms with Crippen molar-refractivity contribution in [1.29, 1.82) is 0 Å². The van der Waals surface area contributed by atoms with E-state index in [0.717, 1.165) is 17.5 Å². The second-order valence-electron chi connectivity index (χ2n) is 9.28. The maximum atomic E-state index is 13.3. The first-order valence-corrected chi connectivity index (χ1v) is 14.1. The number of sulfonamides is 1. The number of aryl methyl sites for hydroxylation is 1. The van der Waals surface area contributed by atoms with Crippen molar-refractivity contribution in [3.05, 3.63) is 65.7 Å². The van der Waals surface area contributed by atoms with E-state index in [2.05, 4.69) is 5.32 Å². The molecule has 0 aliphatic heterocycles. The summed E-state index contributed by atoms with van der Waals surface area (Å²) in [5.74, 6) is -0.0783. The number of carbonyl (C=O) groups is 2. The van der Waals surface area contributed by atoms with Crippen LogP contribution in [0.3, 0.4) is 0 Å². The molecule has 0 fully saturated rings. The zero-order valence-electron chi connectivity index (χ0n) is 21.5. The first-order valence-electron chi connectivity index (χ1n) is 12.2. The minimum Gasteiger partial charge on any atom is -0.354 e. The van der Waals surface area contributed by atoms with Gasteiger partial charge in [-0.2, -0.15) is 0 Å². The molecule has 7 nitrogen and oxygen atoms in total. The van der Waals surface area contributed by atoms with Crippen LogP contribution in [0.4, 0.5) is 5.69 Å². The van der Waals surface area contributed by atoms with Crippen LogP contribution in [0, 0.1) is 5.92 Å². The third-order valence-corrected chi connectivity index (χ3v) is 7.03. The number of hydrogen-bond donors (Lipinski definition) is 1. The molecule has 1 N–H and O–H groups in total. The third-order valence-electron chi connectivity index (χ3n) is 5.83. The number of rotatable bonds is 13. The lowest BCUT2D eigenvalue weighted by molar-refractivity contribution is -0.140. The van der Waals surface area contributed by atoms with E-state index in [-0.39, 0.29) is 24.8 Å². The predicted molar refractivity (Wildman–Crippen MR) is 142 cm³/mol. The van der Waals surface area contributed by atoms with E-state index >= 15 is 0 Å². The molecule has 1 atom stereocenters. The van der Waals surface area contributed by atoms with Gasteiger partial charge < -0.3 is 10.2 Å². The van der Waals surface area contributed by atoms with Crippen molar-refractivity contribution in [3.63, 3.8) is 0 Å². The maximum Gasteiger partial charge on any atom is 0.242 e. The third kappa shape index (κ3) is 9.02. The van der Waals surface area contributed by atoms with Crippen molar-refractivity contribution >= 4 is 27.5 Å². The van der Waals surface area contributed by atoms with Gasteiger partial charge >= 0.3 is 0 Å². The molecular weight excluding hydrogens is 462 g/mol. The van der Waals surface area contributed by atoms with Crippen molar-refractivity contribution in [2.45, 2.75) is 59.5 Å². The summed E-state index contributed by atoms with van der Waals surface area (Å²) >= 11 is 0. The highest BCUT2D eigenvalue weighted by Crippen LogP contribution is 2.20. The molecule has 0 saturated carbocycles. The van der Waals surface area contributed by atoms with Gasteiger partial charge in [0, 0.05) is 26.1 Å². The van der Waals surface area contributed by atoms with Gasteiger partial charge in [-0.1, -0.05) is 63.2 Å². The average Bonchev–Trinajstić information content (AvgIpc) is 2.83. The summed E-state index contributed by atoms with van der Waals surface area (Å²) in [4.78, 5) is 27.6. The minimum absolute atomic E-state index is 0.133. The molecule has 8 heteroatoms. The molecule has 2 aromatic carbocycles. The minimum atomic E-state index is -3.51. The highest BCUT2D eigenvalue weighted by atomic mass is 32.2. The smallest absolute Gasteiger partial charge is 0.242 e. The maximum absolute atomic E-state index is 13.3. The Morgan fingerprint density at radius 3 is 2.11 bits per heavy atom. The molecule has 0 saturated heterocycles. The van der Waals surface area contributed by atoms with Crippen LogP contribution in [0.2, 0.25) is 0 Å². The standard InChI is InChI=1S/C27H39N3O4S/c1-6-23-14-16-25(17-15-23)30(35(5,33)34)18-10-13-26(31)29(20-24-11-8-7-9-12-24)22(4)27(32)28-19-21(2)3/h7-9,11-12,14-17,21-22H,6,10,13,18-20H2,1-5H3,(H,28,32)/t22-/m0/s1. The Balaban J connectivity index is 2.12. The van der Waals surface area contributed by atoms with Crippen LogP contribution in [-0.2, 0) is 32.6 Å². The number of anilines is 1. The van der Waals surface area contributed by atoms with Crippen molar-refractivity contribution in [2.75, 3.05) is 23.7 Å². The van der Waals surface area contributed by atoms with Crippen LogP contribution in [-0.4, -0.2) is 50.5 Å². The molecule has 0 aliphatic rings. The molecule has 0 bridgehead atoms. The van der Waals surface area contributed by atoms with E-state index in [1.165, 1.54) is 10.6 Å². The molecule has 0 unspecified atom stereocenters. The molecule has 0 aromatic heterocycles. The van der Waals surface area contributed by atoms with Crippen LogP contribution < -0.4 is 9.62 Å². The van der Waals surface area contributed by atoms with Gasteiger partial charge in [-0.25, -0.2) is 8.42 Å². The monoisotopic (exact) mass is 501 g/mol. The SMILES string of the molecule is CCc1ccc(N(CCCC(=O)N(Cc2ccccc2)[C@@H](C)C(=O)NCC(C)C)S(C)(=O)=O)cc1. The summed E-state index contributed by atoms with van der Waals surface area (Å²) in [6, 6.07) is 16.3. The second-order valence-corrected chi connectivity index (χ2v) is 11.2. The van der Waals surface area contributed by atoms with Crippen LogP contribution in [0.15, 0.2) is 54.6 Å². The Kier molecular flexibility index (Phi) is 10.8. The Hall–Kier alpha value is -2.87. The van der Waals surface area contributed by atoms with Gasteiger partial charge in [0.15, 0.2) is 0 Å². The lowest BCUT2D eigenvalue weighted by Gasteiger charge is -2.29. The van der Waals surface area contributed by atoms with Crippen LogP contribution in [0.5, 0.6) is 0 Å². The molecule has 35 heavy (non-hydrogen) atoms. The van der Waals surface area contributed by atoms with E-state index in [9.17, 15) is 18.0 Å². The summed E-state index contributed by atoms with van der Waals surface area (Å²) in [5.41, 5.74) is 2.64. The molecule has 0 aliphatic carbocycles. The summed E-state index contributed by atoms with van der Waals surface area (Å²) in [6.07, 6.45) is 2.51. The fourth-order valence-corrected chi connectivity index (χ4v) is 4.68. The van der Waals surface area contributed by atoms with E-state index < -0.39 is 16.1 Å². The number of amides is 2. The lowest BCUT2D eigenvalue weighted by Crippen LogP contribution is -2.48. The molecule has 2 aromatic rings. The van der Waals surface area contributed by atoms with Gasteiger partial charge in [0.1, 0.15) is 6.04 Å². The van der Waals surface area contributed by atoms with E-state index in [0.29, 0.717) is 31.1 Å². The predicted octanol–water partition coefficient (Wildman–Crippen LogP) is 3.98. The fourth-order valence-electron chi connectivity index (χ4n) is 3.72. The molecular formula is C27H39N3O4S. The quantitative estimate of drug-likeness (QED) is 0.450. The van der Waals surface area contributed by atoms with E-state index in [1.54, 1.807) is 24.0 Å². The first kappa shape index (κ1) is 28.4. The van der Waals surface area contributed by atoms with Crippen LogP contribution >= 0.6 is 0 Å². The number of nitrogens with one attached hydrogen (secondary N) is 1. The van der Waals surface area contributed by atoms with Gasteiger partial charge in [-0.3, -0.25) is 13.9 Å². The number of benzene rings is 2. The molecule has 0 heterocycles. The summed E-state index contributed by atoms with van der Waals surface area (Å²) in [7, 11) is -3.51. The van der Waals surface area contributed by atoms with E-state index in [4.69, 9.17) is 0 Å². The largest absolute Gasteiger partial charge is 0.354 e. The van der Waals surface area contributed by atoms with Crippen LogP contribution in [0.1, 0.15) is 51.7 Å². The summed E-state index contributed by atoms with van der Waals surface area (Å²) in [5, 5.41) is 2.91. The number of carbonyl (C=O) groups excluding carboxylic acids is 2. The van der Waals surface area contributed by atoms with Gasteiger partial charge in [0.2, 0.25) is 21.8 Å². The molecule has 192 valence electrons. The molecule has 2 rings (SSSR count). The van der Waals surface area contributed by atoms with Gasteiger partial charge in [-0.05, 0) is 48.9 Å². The van der Waals surface area contributed by atoms with Gasteiger partial charge in [0.25, 0.3) is 0 Å². The summed E-state index contributed by atoms with van der Waals surface area (Å²) < 4.78 is 26.2. The number of hydrogen-bond acceptors (Lipinski definition) is 4. The lowest BCUT2D eigenvalue weighted by atomic mass is 10.1. The Morgan fingerprint density at radius 1 is 0.943 bits per heavy atom. The van der Waals surface area contributed by atoms with Gasteiger partial charge in [-0.15, -0.1) is 0 Å². The highest BCUT2D eigenvalue weighted by Gasteiger charge is 2.26. The van der Waals surface area contributed by atoms with Crippen molar-refractivity contribution < 1.29 is 18.0 Å². The highest BCUT2D eigenvalue weighted by molar-refractivity contribution is 7.92. The zero-order valence-corrected chi connectivity index (χ0v) is 22.3. The Bertz CT molecular complexity index is 1050. The second kappa shape index (κ2) is 13.3. The van der Waals surface area contributed by atoms with E-state index in [1.807, 2.05) is 63.2 Å². The Morgan fingerprint density at radius 2 is 1.57 bits per heavy atom. The molecule has 2 amide bonds. The molecule has 0 radical (unpaired) electrons. The number of nitrogens with zero attached hydrogens (tertiary/aromatic N) is 2. The zero-order chi connectivity index (χ0) is 26.0. The summed E-state index contributed by atoms with van der Waals surface area (Å²) in [6.45, 7) is 8.83.